The number of aliphatic hydroxyl groups is 1. The van der Waals surface area contributed by atoms with Crippen LogP contribution in [0.1, 0.15) is 24.0 Å². The van der Waals surface area contributed by atoms with E-state index in [4.69, 9.17) is 0 Å². The van der Waals surface area contributed by atoms with E-state index < -0.39 is 5.60 Å². The van der Waals surface area contributed by atoms with E-state index in [0.717, 1.165) is 24.1 Å². The largest absolute Gasteiger partial charge is 0.384 e. The molecule has 2 rings (SSSR count). The van der Waals surface area contributed by atoms with Crippen LogP contribution in [0, 0.1) is 12.7 Å². The summed E-state index contributed by atoms with van der Waals surface area (Å²) in [6.07, 6.45) is 1.62. The van der Waals surface area contributed by atoms with Gasteiger partial charge in [-0.05, 0) is 49.6 Å². The summed E-state index contributed by atoms with van der Waals surface area (Å²) in [6.45, 7) is 3.34. The molecule has 82 valence electrons. The molecule has 0 aromatic heterocycles. The van der Waals surface area contributed by atoms with E-state index in [-0.39, 0.29) is 5.82 Å². The molecule has 0 spiro atoms. The summed E-state index contributed by atoms with van der Waals surface area (Å²) in [5, 5.41) is 13.6. The molecular formula is C12H16FNO. The number of piperidine rings is 1. The van der Waals surface area contributed by atoms with Crippen LogP contribution in [0.25, 0.3) is 0 Å². The molecule has 0 bridgehead atoms. The Kier molecular flexibility index (Phi) is 2.76. The first-order valence-corrected chi connectivity index (χ1v) is 5.31. The van der Waals surface area contributed by atoms with E-state index in [1.54, 1.807) is 6.07 Å². The van der Waals surface area contributed by atoms with Gasteiger partial charge in [-0.1, -0.05) is 6.07 Å². The second kappa shape index (κ2) is 3.91. The predicted octanol–water partition coefficient (Wildman–Crippen LogP) is 1.71. The quantitative estimate of drug-likeness (QED) is 0.738. The molecule has 1 unspecified atom stereocenters. The van der Waals surface area contributed by atoms with Crippen LogP contribution in [-0.4, -0.2) is 18.2 Å². The molecule has 0 radical (unpaired) electrons. The van der Waals surface area contributed by atoms with Crippen molar-refractivity contribution in [2.45, 2.75) is 25.4 Å². The number of β-amino-alcohol motifs (C(OH)–C–C–N with tert-alkyl or cyclic N) is 1. The molecule has 1 aromatic rings. The fourth-order valence-electron chi connectivity index (χ4n) is 2.21. The Labute approximate surface area is 89.1 Å². The molecule has 0 amide bonds. The van der Waals surface area contributed by atoms with Crippen molar-refractivity contribution >= 4 is 0 Å². The minimum Gasteiger partial charge on any atom is -0.384 e. The lowest BCUT2D eigenvalue weighted by molar-refractivity contribution is 0.0115. The van der Waals surface area contributed by atoms with Crippen molar-refractivity contribution in [1.29, 1.82) is 0 Å². The van der Waals surface area contributed by atoms with Gasteiger partial charge in [-0.25, -0.2) is 4.39 Å². The molecule has 1 heterocycles. The third-order valence-corrected chi connectivity index (χ3v) is 3.06. The van der Waals surface area contributed by atoms with Gasteiger partial charge in [-0.3, -0.25) is 0 Å². The molecule has 2 nitrogen and oxygen atoms in total. The standard InChI is InChI=1S/C12H16FNO/c1-9-3-4-10(13)7-11(9)12(15)5-2-6-14-8-12/h3-4,7,14-15H,2,5-6,8H2,1H3. The summed E-state index contributed by atoms with van der Waals surface area (Å²) in [5.74, 6) is -0.283. The monoisotopic (exact) mass is 209 g/mol. The fourth-order valence-corrected chi connectivity index (χ4v) is 2.21. The Morgan fingerprint density at radius 1 is 1.47 bits per heavy atom. The van der Waals surface area contributed by atoms with Gasteiger partial charge >= 0.3 is 0 Å². The van der Waals surface area contributed by atoms with E-state index in [1.807, 2.05) is 6.92 Å². The van der Waals surface area contributed by atoms with Crippen molar-refractivity contribution in [3.63, 3.8) is 0 Å². The smallest absolute Gasteiger partial charge is 0.123 e. The SMILES string of the molecule is Cc1ccc(F)cc1C1(O)CCCNC1. The maximum absolute atomic E-state index is 13.1. The van der Waals surface area contributed by atoms with Crippen LogP contribution < -0.4 is 5.32 Å². The minimum absolute atomic E-state index is 0.283. The number of nitrogens with one attached hydrogen (secondary N) is 1. The zero-order valence-electron chi connectivity index (χ0n) is 8.89. The molecule has 1 aliphatic rings. The van der Waals surface area contributed by atoms with Crippen molar-refractivity contribution < 1.29 is 9.50 Å². The molecule has 2 N–H and O–H groups in total. The Morgan fingerprint density at radius 2 is 2.27 bits per heavy atom. The molecule has 15 heavy (non-hydrogen) atoms. The van der Waals surface area contributed by atoms with E-state index in [2.05, 4.69) is 5.32 Å². The Balaban J connectivity index is 2.38. The predicted molar refractivity (Wildman–Crippen MR) is 57.1 cm³/mol. The van der Waals surface area contributed by atoms with E-state index in [9.17, 15) is 9.50 Å². The Hall–Kier alpha value is -0.930. The van der Waals surface area contributed by atoms with Crippen molar-refractivity contribution in [1.82, 2.24) is 5.32 Å². The number of hydrogen-bond donors (Lipinski definition) is 2. The maximum atomic E-state index is 13.1. The van der Waals surface area contributed by atoms with Gasteiger partial charge in [0.05, 0.1) is 0 Å². The van der Waals surface area contributed by atoms with Crippen LogP contribution in [0.4, 0.5) is 4.39 Å². The zero-order valence-corrected chi connectivity index (χ0v) is 8.89. The summed E-state index contributed by atoms with van der Waals surface area (Å²) >= 11 is 0. The minimum atomic E-state index is -0.898. The Morgan fingerprint density at radius 3 is 2.93 bits per heavy atom. The average molecular weight is 209 g/mol. The molecule has 1 fully saturated rings. The molecule has 1 aromatic carbocycles. The normalized spacial score (nSPS) is 26.6. The highest BCUT2D eigenvalue weighted by atomic mass is 19.1. The topological polar surface area (TPSA) is 32.3 Å². The Bertz CT molecular complexity index is 359. The fraction of sp³-hybridized carbons (Fsp3) is 0.500. The van der Waals surface area contributed by atoms with Crippen molar-refractivity contribution in [3.05, 3.63) is 35.1 Å². The molecule has 1 saturated heterocycles. The van der Waals surface area contributed by atoms with E-state index in [1.165, 1.54) is 12.1 Å². The van der Waals surface area contributed by atoms with E-state index >= 15 is 0 Å². The first-order valence-electron chi connectivity index (χ1n) is 5.31. The zero-order chi connectivity index (χ0) is 10.9. The van der Waals surface area contributed by atoms with Gasteiger partial charge in [0.2, 0.25) is 0 Å². The van der Waals surface area contributed by atoms with Crippen LogP contribution in [0.2, 0.25) is 0 Å². The number of aryl methyl sites for hydroxylation is 1. The number of halogens is 1. The molecule has 3 heteroatoms. The van der Waals surface area contributed by atoms with Gasteiger partial charge in [0, 0.05) is 6.54 Å². The van der Waals surface area contributed by atoms with Crippen molar-refractivity contribution in [2.24, 2.45) is 0 Å². The first kappa shape index (κ1) is 10.6. The van der Waals surface area contributed by atoms with E-state index in [0.29, 0.717) is 13.0 Å². The molecule has 1 aliphatic heterocycles. The third kappa shape index (κ3) is 2.03. The number of hydrogen-bond acceptors (Lipinski definition) is 2. The van der Waals surface area contributed by atoms with Gasteiger partial charge < -0.3 is 10.4 Å². The number of rotatable bonds is 1. The van der Waals surface area contributed by atoms with Crippen molar-refractivity contribution in [2.75, 3.05) is 13.1 Å². The lowest BCUT2D eigenvalue weighted by atomic mass is 9.84. The van der Waals surface area contributed by atoms with Gasteiger partial charge in [0.1, 0.15) is 11.4 Å². The van der Waals surface area contributed by atoms with Crippen molar-refractivity contribution in [3.8, 4) is 0 Å². The average Bonchev–Trinajstić information content (AvgIpc) is 2.23. The van der Waals surface area contributed by atoms with Crippen LogP contribution in [-0.2, 0) is 5.60 Å². The van der Waals surface area contributed by atoms with Gasteiger partial charge in [0.25, 0.3) is 0 Å². The van der Waals surface area contributed by atoms with Gasteiger partial charge in [-0.15, -0.1) is 0 Å². The summed E-state index contributed by atoms with van der Waals surface area (Å²) in [6, 6.07) is 4.60. The van der Waals surface area contributed by atoms with Crippen LogP contribution >= 0.6 is 0 Å². The van der Waals surface area contributed by atoms with Crippen LogP contribution in [0.3, 0.4) is 0 Å². The highest BCUT2D eigenvalue weighted by Gasteiger charge is 2.32. The molecule has 1 atom stereocenters. The third-order valence-electron chi connectivity index (χ3n) is 3.06. The lowest BCUT2D eigenvalue weighted by Gasteiger charge is -2.34. The van der Waals surface area contributed by atoms with Gasteiger partial charge in [0.15, 0.2) is 0 Å². The van der Waals surface area contributed by atoms with Crippen LogP contribution in [0.15, 0.2) is 18.2 Å². The maximum Gasteiger partial charge on any atom is 0.123 e. The number of benzene rings is 1. The summed E-state index contributed by atoms with van der Waals surface area (Å²) in [7, 11) is 0. The summed E-state index contributed by atoms with van der Waals surface area (Å²) in [4.78, 5) is 0. The summed E-state index contributed by atoms with van der Waals surface area (Å²) in [5.41, 5.74) is 0.766. The summed E-state index contributed by atoms with van der Waals surface area (Å²) < 4.78 is 13.1. The second-order valence-corrected chi connectivity index (χ2v) is 4.27. The molecule has 0 saturated carbocycles. The van der Waals surface area contributed by atoms with Crippen LogP contribution in [0.5, 0.6) is 0 Å². The highest BCUT2D eigenvalue weighted by Crippen LogP contribution is 2.30. The van der Waals surface area contributed by atoms with Gasteiger partial charge in [-0.2, -0.15) is 0 Å². The highest BCUT2D eigenvalue weighted by molar-refractivity contribution is 5.32. The molecule has 0 aliphatic carbocycles. The second-order valence-electron chi connectivity index (χ2n) is 4.27. The molecular weight excluding hydrogens is 193 g/mol. The lowest BCUT2D eigenvalue weighted by Crippen LogP contribution is -2.43. The first-order chi connectivity index (χ1) is 7.12.